The number of ether oxygens (including phenoxy) is 3. The Morgan fingerprint density at radius 3 is 3.00 bits per heavy atom. The third-order valence-corrected chi connectivity index (χ3v) is 2.95. The molecule has 1 aliphatic heterocycles. The lowest BCUT2D eigenvalue weighted by Crippen LogP contribution is -2.25. The highest BCUT2D eigenvalue weighted by Crippen LogP contribution is 2.38. The van der Waals surface area contributed by atoms with Crippen molar-refractivity contribution in [3.63, 3.8) is 0 Å². The molecule has 0 saturated heterocycles. The molecule has 6 heteroatoms. The van der Waals surface area contributed by atoms with Gasteiger partial charge in [-0.2, -0.15) is 0 Å². The largest absolute Gasteiger partial charge is 0.486 e. The highest BCUT2D eigenvalue weighted by Gasteiger charge is 2.18. The van der Waals surface area contributed by atoms with Crippen molar-refractivity contribution in [2.75, 3.05) is 33.5 Å². The minimum atomic E-state index is -0.185. The lowest BCUT2D eigenvalue weighted by atomic mass is 10.1. The van der Waals surface area contributed by atoms with Crippen LogP contribution in [-0.2, 0) is 4.74 Å². The van der Waals surface area contributed by atoms with Crippen LogP contribution in [0.5, 0.6) is 11.5 Å². The number of hydrogen-bond donors (Lipinski definition) is 1. The fourth-order valence-corrected chi connectivity index (χ4v) is 2.03. The van der Waals surface area contributed by atoms with Crippen LogP contribution in [0.3, 0.4) is 0 Å². The van der Waals surface area contributed by atoms with E-state index in [4.69, 9.17) is 25.8 Å². The topological polar surface area (TPSA) is 56.8 Å². The van der Waals surface area contributed by atoms with Gasteiger partial charge in [-0.25, -0.2) is 0 Å². The van der Waals surface area contributed by atoms with Gasteiger partial charge in [-0.05, 0) is 18.6 Å². The minimum Gasteiger partial charge on any atom is -0.486 e. The van der Waals surface area contributed by atoms with E-state index < -0.39 is 0 Å². The van der Waals surface area contributed by atoms with E-state index in [1.165, 1.54) is 0 Å². The molecule has 0 unspecified atom stereocenters. The zero-order valence-electron chi connectivity index (χ0n) is 10.7. The van der Waals surface area contributed by atoms with Gasteiger partial charge in [0.1, 0.15) is 13.2 Å². The molecule has 104 valence electrons. The summed E-state index contributed by atoms with van der Waals surface area (Å²) in [5, 5.41) is 3.18. The number of rotatable bonds is 5. The van der Waals surface area contributed by atoms with Crippen molar-refractivity contribution >= 4 is 17.5 Å². The monoisotopic (exact) mass is 285 g/mol. The van der Waals surface area contributed by atoms with Crippen molar-refractivity contribution in [1.82, 2.24) is 5.32 Å². The molecular weight excluding hydrogens is 270 g/mol. The van der Waals surface area contributed by atoms with Gasteiger partial charge in [0.2, 0.25) is 0 Å². The Hall–Kier alpha value is -1.46. The van der Waals surface area contributed by atoms with Crippen LogP contribution in [0.1, 0.15) is 16.8 Å². The first-order valence-electron chi connectivity index (χ1n) is 6.08. The van der Waals surface area contributed by atoms with Crippen molar-refractivity contribution in [2.24, 2.45) is 0 Å². The van der Waals surface area contributed by atoms with E-state index in [0.717, 1.165) is 6.42 Å². The minimum absolute atomic E-state index is 0.185. The van der Waals surface area contributed by atoms with Crippen LogP contribution in [0.4, 0.5) is 0 Å². The Morgan fingerprint density at radius 1 is 1.42 bits per heavy atom. The number of carbonyl (C=O) groups is 1. The molecule has 5 nitrogen and oxygen atoms in total. The van der Waals surface area contributed by atoms with Gasteiger partial charge in [-0.1, -0.05) is 11.6 Å². The van der Waals surface area contributed by atoms with Gasteiger partial charge in [0, 0.05) is 25.8 Å². The van der Waals surface area contributed by atoms with E-state index in [2.05, 4.69) is 5.32 Å². The highest BCUT2D eigenvalue weighted by molar-refractivity contribution is 6.32. The molecule has 2 rings (SSSR count). The second-order valence-corrected chi connectivity index (χ2v) is 4.49. The third kappa shape index (κ3) is 3.52. The van der Waals surface area contributed by atoms with E-state index in [0.29, 0.717) is 48.5 Å². The Labute approximate surface area is 116 Å². The predicted octanol–water partition coefficient (Wildman–Crippen LogP) is 1.88. The molecule has 0 spiro atoms. The average molecular weight is 286 g/mol. The molecule has 19 heavy (non-hydrogen) atoms. The summed E-state index contributed by atoms with van der Waals surface area (Å²) in [5.74, 6) is 0.833. The molecule has 0 saturated carbocycles. The van der Waals surface area contributed by atoms with Crippen LogP contribution >= 0.6 is 11.6 Å². The summed E-state index contributed by atoms with van der Waals surface area (Å²) in [6, 6.07) is 3.23. The number of amides is 1. The summed E-state index contributed by atoms with van der Waals surface area (Å²) in [6.45, 7) is 2.10. The fourth-order valence-electron chi connectivity index (χ4n) is 1.76. The summed E-state index contributed by atoms with van der Waals surface area (Å²) >= 11 is 6.07. The first-order valence-corrected chi connectivity index (χ1v) is 6.46. The molecule has 0 bridgehead atoms. The molecular formula is C13H16ClNO4. The second-order valence-electron chi connectivity index (χ2n) is 4.08. The number of methoxy groups -OCH3 is 1. The third-order valence-electron chi connectivity index (χ3n) is 2.67. The van der Waals surface area contributed by atoms with Gasteiger partial charge in [0.25, 0.3) is 5.91 Å². The Bertz CT molecular complexity index is 464. The molecule has 0 fully saturated rings. The molecule has 1 heterocycles. The van der Waals surface area contributed by atoms with Gasteiger partial charge in [0.05, 0.1) is 5.02 Å². The summed E-state index contributed by atoms with van der Waals surface area (Å²) < 4.78 is 15.7. The molecule has 0 aromatic heterocycles. The average Bonchev–Trinajstić information content (AvgIpc) is 2.43. The zero-order chi connectivity index (χ0) is 13.7. The fraction of sp³-hybridized carbons (Fsp3) is 0.462. The molecule has 1 N–H and O–H groups in total. The molecule has 0 atom stereocenters. The van der Waals surface area contributed by atoms with Gasteiger partial charge in [0.15, 0.2) is 11.5 Å². The van der Waals surface area contributed by atoms with Gasteiger partial charge >= 0.3 is 0 Å². The summed E-state index contributed by atoms with van der Waals surface area (Å²) in [4.78, 5) is 11.9. The maximum absolute atomic E-state index is 11.9. The number of halogens is 1. The van der Waals surface area contributed by atoms with E-state index >= 15 is 0 Å². The second kappa shape index (κ2) is 6.63. The Morgan fingerprint density at radius 2 is 2.21 bits per heavy atom. The smallest absolute Gasteiger partial charge is 0.251 e. The van der Waals surface area contributed by atoms with Crippen LogP contribution in [0, 0.1) is 0 Å². The van der Waals surface area contributed by atoms with E-state index in [-0.39, 0.29) is 5.91 Å². The normalized spacial score (nSPS) is 13.2. The lowest BCUT2D eigenvalue weighted by Gasteiger charge is -2.20. The number of nitrogens with one attached hydrogen (secondary N) is 1. The maximum Gasteiger partial charge on any atom is 0.251 e. The van der Waals surface area contributed by atoms with Crippen LogP contribution in [0.2, 0.25) is 5.02 Å². The first-order chi connectivity index (χ1) is 9.22. The summed E-state index contributed by atoms with van der Waals surface area (Å²) in [6.07, 6.45) is 0.764. The quantitative estimate of drug-likeness (QED) is 0.839. The Balaban J connectivity index is 2.04. The van der Waals surface area contributed by atoms with Crippen LogP contribution in [0.25, 0.3) is 0 Å². The Kier molecular flexibility index (Phi) is 4.87. The molecule has 1 aromatic rings. The first kappa shape index (κ1) is 14.0. The lowest BCUT2D eigenvalue weighted by molar-refractivity contribution is 0.0947. The maximum atomic E-state index is 11.9. The SMILES string of the molecule is COCCCNC(=O)c1cc(Cl)c2c(c1)OCCO2. The van der Waals surface area contributed by atoms with E-state index in [9.17, 15) is 4.79 Å². The summed E-state index contributed by atoms with van der Waals surface area (Å²) in [5.41, 5.74) is 0.465. The number of hydrogen-bond acceptors (Lipinski definition) is 4. The van der Waals surface area contributed by atoms with Crippen molar-refractivity contribution in [3.05, 3.63) is 22.7 Å². The summed E-state index contributed by atoms with van der Waals surface area (Å²) in [7, 11) is 1.63. The van der Waals surface area contributed by atoms with Gasteiger partial charge in [-0.15, -0.1) is 0 Å². The number of carbonyl (C=O) groups excluding carboxylic acids is 1. The van der Waals surface area contributed by atoms with Crippen molar-refractivity contribution in [3.8, 4) is 11.5 Å². The predicted molar refractivity (Wildman–Crippen MR) is 71.3 cm³/mol. The van der Waals surface area contributed by atoms with Crippen molar-refractivity contribution < 1.29 is 19.0 Å². The van der Waals surface area contributed by atoms with E-state index in [1.54, 1.807) is 19.2 Å². The van der Waals surface area contributed by atoms with Gasteiger partial charge in [-0.3, -0.25) is 4.79 Å². The van der Waals surface area contributed by atoms with Crippen LogP contribution in [-0.4, -0.2) is 39.4 Å². The molecule has 0 radical (unpaired) electrons. The van der Waals surface area contributed by atoms with Crippen molar-refractivity contribution in [2.45, 2.75) is 6.42 Å². The van der Waals surface area contributed by atoms with E-state index in [1.807, 2.05) is 0 Å². The highest BCUT2D eigenvalue weighted by atomic mass is 35.5. The number of fused-ring (bicyclic) bond motifs is 1. The number of benzene rings is 1. The molecule has 1 aliphatic rings. The zero-order valence-corrected chi connectivity index (χ0v) is 11.5. The molecule has 0 aliphatic carbocycles. The molecule has 1 aromatic carbocycles. The standard InChI is InChI=1S/C13H16ClNO4/c1-17-4-2-3-15-13(16)9-7-10(14)12-11(8-9)18-5-6-19-12/h7-8H,2-6H2,1H3,(H,15,16). The van der Waals surface area contributed by atoms with Crippen LogP contribution in [0.15, 0.2) is 12.1 Å². The van der Waals surface area contributed by atoms with Crippen LogP contribution < -0.4 is 14.8 Å². The molecule has 1 amide bonds. The van der Waals surface area contributed by atoms with Crippen molar-refractivity contribution in [1.29, 1.82) is 0 Å². The van der Waals surface area contributed by atoms with Gasteiger partial charge < -0.3 is 19.5 Å².